The Balaban J connectivity index is 1.45. The van der Waals surface area contributed by atoms with Crippen LogP contribution in [0.2, 0.25) is 0 Å². The number of nitrogens with zero attached hydrogens (tertiary/aromatic N) is 4. The number of hydrogen-bond acceptors (Lipinski definition) is 2. The van der Waals surface area contributed by atoms with E-state index < -0.39 is 0 Å². The molecule has 2 aliphatic carbocycles. The van der Waals surface area contributed by atoms with Crippen molar-refractivity contribution >= 4 is 0 Å². The summed E-state index contributed by atoms with van der Waals surface area (Å²) < 4.78 is 4.49. The van der Waals surface area contributed by atoms with Gasteiger partial charge in [-0.1, -0.05) is 0 Å². The van der Waals surface area contributed by atoms with Gasteiger partial charge in [0.2, 0.25) is 0 Å². The Bertz CT molecular complexity index is 686. The summed E-state index contributed by atoms with van der Waals surface area (Å²) in [6.07, 6.45) is 14.3. The molecule has 0 bridgehead atoms. The van der Waals surface area contributed by atoms with Crippen LogP contribution in [-0.4, -0.2) is 19.6 Å². The van der Waals surface area contributed by atoms with Crippen molar-refractivity contribution in [2.45, 2.75) is 84.2 Å². The van der Waals surface area contributed by atoms with Gasteiger partial charge in [-0.3, -0.25) is 9.36 Å². The van der Waals surface area contributed by atoms with E-state index in [2.05, 4.69) is 47.6 Å². The largest absolute Gasteiger partial charge is 0.269 e. The molecule has 2 aliphatic rings. The van der Waals surface area contributed by atoms with E-state index in [1.165, 1.54) is 73.9 Å². The highest BCUT2D eigenvalue weighted by Gasteiger charge is 2.26. The summed E-state index contributed by atoms with van der Waals surface area (Å²) in [7, 11) is 0. The predicted octanol–water partition coefficient (Wildman–Crippen LogP) is 4.30. The average molecular weight is 326 g/mol. The standard InChI is InChI=1S/C20H30N4/c1-14(2)24-20-11-16(8-9-17(20)12-21-24)10-15(3)23-13-18-6-4-5-7-19(18)22-23/h12-16H,4-11H2,1-3H3. The molecular formula is C20H30N4. The van der Waals surface area contributed by atoms with Gasteiger partial charge in [0.25, 0.3) is 0 Å². The fourth-order valence-electron chi connectivity index (χ4n) is 4.55. The molecule has 0 N–H and O–H groups in total. The quantitative estimate of drug-likeness (QED) is 0.840. The van der Waals surface area contributed by atoms with Gasteiger partial charge < -0.3 is 0 Å². The lowest BCUT2D eigenvalue weighted by atomic mass is 9.84. The summed E-state index contributed by atoms with van der Waals surface area (Å²) in [5.74, 6) is 0.753. The van der Waals surface area contributed by atoms with Gasteiger partial charge in [-0.2, -0.15) is 10.2 Å². The molecule has 4 rings (SSSR count). The molecule has 0 saturated carbocycles. The van der Waals surface area contributed by atoms with E-state index in [0.29, 0.717) is 12.1 Å². The van der Waals surface area contributed by atoms with Crippen LogP contribution in [-0.2, 0) is 25.7 Å². The Morgan fingerprint density at radius 1 is 1.12 bits per heavy atom. The Morgan fingerprint density at radius 2 is 1.96 bits per heavy atom. The third-order valence-corrected chi connectivity index (χ3v) is 5.91. The number of fused-ring (bicyclic) bond motifs is 2. The molecule has 2 atom stereocenters. The van der Waals surface area contributed by atoms with Gasteiger partial charge in [-0.25, -0.2) is 0 Å². The first-order chi connectivity index (χ1) is 11.6. The molecule has 130 valence electrons. The molecular weight excluding hydrogens is 296 g/mol. The van der Waals surface area contributed by atoms with Crippen LogP contribution in [0, 0.1) is 5.92 Å². The Labute approximate surface area is 145 Å². The van der Waals surface area contributed by atoms with Gasteiger partial charge in [0.15, 0.2) is 0 Å². The van der Waals surface area contributed by atoms with Crippen molar-refractivity contribution in [1.29, 1.82) is 0 Å². The Kier molecular flexibility index (Phi) is 4.23. The number of aromatic nitrogens is 4. The molecule has 0 spiro atoms. The third-order valence-electron chi connectivity index (χ3n) is 5.91. The number of aryl methyl sites for hydroxylation is 3. The summed E-state index contributed by atoms with van der Waals surface area (Å²) >= 11 is 0. The summed E-state index contributed by atoms with van der Waals surface area (Å²) in [5, 5.41) is 9.51. The van der Waals surface area contributed by atoms with Gasteiger partial charge in [0.1, 0.15) is 0 Å². The van der Waals surface area contributed by atoms with Crippen molar-refractivity contribution in [3.05, 3.63) is 34.9 Å². The third kappa shape index (κ3) is 2.91. The fraction of sp³-hybridized carbons (Fsp3) is 0.700. The molecule has 0 saturated heterocycles. The van der Waals surface area contributed by atoms with E-state index in [9.17, 15) is 0 Å². The second-order valence-corrected chi connectivity index (χ2v) is 8.14. The monoisotopic (exact) mass is 326 g/mol. The highest BCUT2D eigenvalue weighted by molar-refractivity contribution is 5.22. The van der Waals surface area contributed by atoms with Crippen molar-refractivity contribution < 1.29 is 0 Å². The van der Waals surface area contributed by atoms with E-state index in [0.717, 1.165) is 5.92 Å². The molecule has 4 heteroatoms. The SMILES string of the molecule is CC(CC1CCc2cnn(C(C)C)c2C1)n1cc2c(n1)CCCC2. The van der Waals surface area contributed by atoms with E-state index in [1.807, 2.05) is 0 Å². The van der Waals surface area contributed by atoms with Crippen molar-refractivity contribution in [2.75, 3.05) is 0 Å². The minimum atomic E-state index is 0.461. The van der Waals surface area contributed by atoms with E-state index in [-0.39, 0.29) is 0 Å². The second kappa shape index (κ2) is 6.38. The van der Waals surface area contributed by atoms with Crippen LogP contribution in [0.1, 0.15) is 81.1 Å². The topological polar surface area (TPSA) is 35.6 Å². The minimum absolute atomic E-state index is 0.461. The highest BCUT2D eigenvalue weighted by atomic mass is 15.3. The van der Waals surface area contributed by atoms with Crippen LogP contribution in [0.25, 0.3) is 0 Å². The first kappa shape index (κ1) is 15.9. The lowest BCUT2D eigenvalue weighted by Crippen LogP contribution is -2.21. The lowest BCUT2D eigenvalue weighted by Gasteiger charge is -2.26. The maximum absolute atomic E-state index is 4.90. The molecule has 0 aliphatic heterocycles. The van der Waals surface area contributed by atoms with E-state index in [1.54, 1.807) is 0 Å². The Hall–Kier alpha value is -1.58. The average Bonchev–Trinajstić information content (AvgIpc) is 3.18. The maximum Gasteiger partial charge on any atom is 0.0656 e. The van der Waals surface area contributed by atoms with E-state index in [4.69, 9.17) is 5.10 Å². The molecule has 24 heavy (non-hydrogen) atoms. The van der Waals surface area contributed by atoms with E-state index >= 15 is 0 Å². The zero-order valence-corrected chi connectivity index (χ0v) is 15.3. The summed E-state index contributed by atoms with van der Waals surface area (Å²) in [5.41, 5.74) is 5.81. The fourth-order valence-corrected chi connectivity index (χ4v) is 4.55. The summed E-state index contributed by atoms with van der Waals surface area (Å²) in [6, 6.07) is 0.959. The molecule has 4 nitrogen and oxygen atoms in total. The molecule has 0 amide bonds. The molecule has 2 unspecified atom stereocenters. The lowest BCUT2D eigenvalue weighted by molar-refractivity contribution is 0.325. The Morgan fingerprint density at radius 3 is 2.75 bits per heavy atom. The molecule has 0 aromatic carbocycles. The van der Waals surface area contributed by atoms with Crippen LogP contribution in [0.5, 0.6) is 0 Å². The van der Waals surface area contributed by atoms with Crippen LogP contribution in [0.4, 0.5) is 0 Å². The summed E-state index contributed by atoms with van der Waals surface area (Å²) in [6.45, 7) is 6.80. The van der Waals surface area contributed by atoms with Crippen molar-refractivity contribution in [1.82, 2.24) is 19.6 Å². The minimum Gasteiger partial charge on any atom is -0.269 e. The maximum atomic E-state index is 4.90. The molecule has 2 aromatic rings. The molecule has 0 fully saturated rings. The van der Waals surface area contributed by atoms with Crippen LogP contribution in [0.3, 0.4) is 0 Å². The molecule has 2 aromatic heterocycles. The van der Waals surface area contributed by atoms with Crippen LogP contribution < -0.4 is 0 Å². The smallest absolute Gasteiger partial charge is 0.0656 e. The predicted molar refractivity (Wildman–Crippen MR) is 96.3 cm³/mol. The van der Waals surface area contributed by atoms with Crippen molar-refractivity contribution in [2.24, 2.45) is 5.92 Å². The first-order valence-corrected chi connectivity index (χ1v) is 9.74. The molecule has 2 heterocycles. The van der Waals surface area contributed by atoms with Crippen molar-refractivity contribution in [3.8, 4) is 0 Å². The zero-order valence-electron chi connectivity index (χ0n) is 15.3. The van der Waals surface area contributed by atoms with Crippen molar-refractivity contribution in [3.63, 3.8) is 0 Å². The number of hydrogen-bond donors (Lipinski definition) is 0. The zero-order chi connectivity index (χ0) is 16.7. The number of rotatable bonds is 4. The highest BCUT2D eigenvalue weighted by Crippen LogP contribution is 2.32. The van der Waals surface area contributed by atoms with Gasteiger partial charge in [-0.05, 0) is 89.2 Å². The first-order valence-electron chi connectivity index (χ1n) is 9.74. The van der Waals surface area contributed by atoms with Gasteiger partial charge in [0.05, 0.1) is 11.9 Å². The summed E-state index contributed by atoms with van der Waals surface area (Å²) in [4.78, 5) is 0. The second-order valence-electron chi connectivity index (χ2n) is 8.14. The normalized spacial score (nSPS) is 21.6. The van der Waals surface area contributed by atoms with Gasteiger partial charge >= 0.3 is 0 Å². The van der Waals surface area contributed by atoms with Gasteiger partial charge in [0, 0.05) is 24.0 Å². The molecule has 0 radical (unpaired) electrons. The van der Waals surface area contributed by atoms with Crippen LogP contribution in [0.15, 0.2) is 12.4 Å². The van der Waals surface area contributed by atoms with Gasteiger partial charge in [-0.15, -0.1) is 0 Å². The van der Waals surface area contributed by atoms with Crippen LogP contribution >= 0.6 is 0 Å².